The van der Waals surface area contributed by atoms with Crippen LogP contribution in [0.15, 0.2) is 34.2 Å². The highest BCUT2D eigenvalue weighted by Crippen LogP contribution is 2.02. The molecule has 0 atom stereocenters. The second-order valence-electron chi connectivity index (χ2n) is 3.50. The Morgan fingerprint density at radius 1 is 1.50 bits per heavy atom. The van der Waals surface area contributed by atoms with Gasteiger partial charge in [-0.05, 0) is 25.2 Å². The Balaban J connectivity index is 2.48. The first-order valence-electron chi connectivity index (χ1n) is 5.07. The number of halogens is 1. The van der Waals surface area contributed by atoms with E-state index in [0.29, 0.717) is 0 Å². The molecule has 0 radical (unpaired) electrons. The summed E-state index contributed by atoms with van der Waals surface area (Å²) >= 11 is 4.88. The van der Waals surface area contributed by atoms with Crippen molar-refractivity contribution in [1.82, 2.24) is 14.9 Å². The zero-order valence-corrected chi connectivity index (χ0v) is 10.2. The van der Waals surface area contributed by atoms with Crippen molar-refractivity contribution >= 4 is 18.4 Å². The van der Waals surface area contributed by atoms with Crippen molar-refractivity contribution in [3.05, 3.63) is 56.5 Å². The number of aromatic amines is 1. The Morgan fingerprint density at radius 2 is 2.22 bits per heavy atom. The Hall–Kier alpha value is -2.15. The molecule has 1 heterocycles. The van der Waals surface area contributed by atoms with Crippen LogP contribution in [0.5, 0.6) is 0 Å². The van der Waals surface area contributed by atoms with Gasteiger partial charge >= 0.3 is 0 Å². The number of nitrogens with zero attached hydrogens (tertiary/aromatic N) is 3. The summed E-state index contributed by atoms with van der Waals surface area (Å²) in [6.07, 6.45) is 1.24. The van der Waals surface area contributed by atoms with Gasteiger partial charge < -0.3 is 0 Å². The molecule has 0 saturated carbocycles. The Labute approximate surface area is 107 Å². The minimum absolute atomic E-state index is 0.0539. The molecule has 1 aromatic heterocycles. The van der Waals surface area contributed by atoms with E-state index in [2.05, 4.69) is 15.3 Å². The van der Waals surface area contributed by atoms with Gasteiger partial charge in [0, 0.05) is 5.56 Å². The summed E-state index contributed by atoms with van der Waals surface area (Å²) in [6.45, 7) is 1.53. The summed E-state index contributed by atoms with van der Waals surface area (Å²) < 4.78 is 14.4. The molecule has 0 spiro atoms. The van der Waals surface area contributed by atoms with E-state index >= 15 is 0 Å². The molecule has 1 N–H and O–H groups in total. The lowest BCUT2D eigenvalue weighted by Gasteiger charge is -1.99. The summed E-state index contributed by atoms with van der Waals surface area (Å²) in [6, 6.07) is 6.10. The molecule has 0 unspecified atom stereocenters. The van der Waals surface area contributed by atoms with Gasteiger partial charge in [-0.15, -0.1) is 0 Å². The van der Waals surface area contributed by atoms with Crippen LogP contribution >= 0.6 is 12.2 Å². The molecule has 2 rings (SSSR count). The van der Waals surface area contributed by atoms with Crippen LogP contribution in [-0.4, -0.2) is 21.1 Å². The van der Waals surface area contributed by atoms with Crippen molar-refractivity contribution in [3.63, 3.8) is 0 Å². The van der Waals surface area contributed by atoms with Crippen LogP contribution in [0.2, 0.25) is 0 Å². The normalized spacial score (nSPS) is 11.0. The molecule has 18 heavy (non-hydrogen) atoms. The molecule has 0 aliphatic rings. The van der Waals surface area contributed by atoms with E-state index in [1.165, 1.54) is 19.2 Å². The van der Waals surface area contributed by atoms with Gasteiger partial charge in [0.1, 0.15) is 11.5 Å². The molecule has 0 amide bonds. The van der Waals surface area contributed by atoms with Crippen LogP contribution in [-0.2, 0) is 0 Å². The molecule has 0 aliphatic heterocycles. The molecule has 0 saturated heterocycles. The number of benzene rings is 1. The minimum atomic E-state index is -0.439. The average Bonchev–Trinajstić information content (AvgIpc) is 2.36. The van der Waals surface area contributed by atoms with Gasteiger partial charge in [-0.3, -0.25) is 9.89 Å². The maximum absolute atomic E-state index is 13.3. The van der Waals surface area contributed by atoms with E-state index in [1.54, 1.807) is 18.2 Å². The fourth-order valence-corrected chi connectivity index (χ4v) is 1.45. The number of hydrogen-bond acceptors (Lipinski definition) is 4. The van der Waals surface area contributed by atoms with E-state index in [0.717, 1.165) is 4.68 Å². The Kier molecular flexibility index (Phi) is 3.42. The fourth-order valence-electron chi connectivity index (χ4n) is 1.28. The highest BCUT2D eigenvalue weighted by Gasteiger charge is 2.01. The third kappa shape index (κ3) is 2.40. The number of aromatic nitrogens is 3. The summed E-state index contributed by atoms with van der Waals surface area (Å²) in [5, 5.41) is 10.0. The zero-order valence-electron chi connectivity index (χ0n) is 9.42. The second-order valence-corrected chi connectivity index (χ2v) is 3.88. The third-order valence-corrected chi connectivity index (χ3v) is 2.50. The van der Waals surface area contributed by atoms with Crippen LogP contribution < -0.4 is 5.56 Å². The molecule has 0 bridgehead atoms. The lowest BCUT2D eigenvalue weighted by Crippen LogP contribution is -2.22. The largest absolute Gasteiger partial charge is 0.296 e. The van der Waals surface area contributed by atoms with Gasteiger partial charge in [-0.1, -0.05) is 18.2 Å². The first-order valence-corrected chi connectivity index (χ1v) is 5.47. The quantitative estimate of drug-likeness (QED) is 0.662. The first-order chi connectivity index (χ1) is 8.59. The van der Waals surface area contributed by atoms with Crippen LogP contribution in [0.3, 0.4) is 0 Å². The first kappa shape index (κ1) is 12.3. The number of hydrogen-bond donors (Lipinski definition) is 1. The van der Waals surface area contributed by atoms with E-state index in [-0.39, 0.29) is 16.0 Å². The summed E-state index contributed by atoms with van der Waals surface area (Å²) in [5.41, 5.74) is 0.0638. The van der Waals surface area contributed by atoms with Crippen LogP contribution in [0.1, 0.15) is 11.3 Å². The van der Waals surface area contributed by atoms with Crippen molar-refractivity contribution < 1.29 is 4.39 Å². The lowest BCUT2D eigenvalue weighted by molar-refractivity contribution is 0.625. The molecule has 0 aliphatic carbocycles. The average molecular weight is 264 g/mol. The number of rotatable bonds is 2. The van der Waals surface area contributed by atoms with Crippen LogP contribution in [0, 0.1) is 17.5 Å². The molecule has 2 aromatic rings. The SMILES string of the molecule is Cc1n[nH]c(=S)n(N=Cc2ccccc2F)c1=O. The predicted octanol–water partition coefficient (Wildman–Crippen LogP) is 1.63. The van der Waals surface area contributed by atoms with E-state index < -0.39 is 11.4 Å². The Bertz CT molecular complexity index is 719. The molecule has 0 fully saturated rings. The molecule has 7 heteroatoms. The third-order valence-electron chi connectivity index (χ3n) is 2.23. The summed E-state index contributed by atoms with van der Waals surface area (Å²) in [5.74, 6) is -0.421. The highest BCUT2D eigenvalue weighted by molar-refractivity contribution is 7.71. The van der Waals surface area contributed by atoms with E-state index in [4.69, 9.17) is 12.2 Å². The number of H-pyrrole nitrogens is 1. The lowest BCUT2D eigenvalue weighted by atomic mass is 10.2. The van der Waals surface area contributed by atoms with E-state index in [9.17, 15) is 9.18 Å². The predicted molar refractivity (Wildman–Crippen MR) is 67.8 cm³/mol. The van der Waals surface area contributed by atoms with Gasteiger partial charge in [0.2, 0.25) is 4.77 Å². The number of nitrogens with one attached hydrogen (secondary N) is 1. The topological polar surface area (TPSA) is 63.0 Å². The van der Waals surface area contributed by atoms with Crippen LogP contribution in [0.25, 0.3) is 0 Å². The molecule has 5 nitrogen and oxygen atoms in total. The molecular weight excluding hydrogens is 255 g/mol. The standard InChI is InChI=1S/C11H9FN4OS/c1-7-10(17)16(11(18)15-14-7)13-6-8-4-2-3-5-9(8)12/h2-6H,1H3,(H,15,18). The number of aryl methyl sites for hydroxylation is 1. The van der Waals surface area contributed by atoms with Gasteiger partial charge in [-0.2, -0.15) is 14.9 Å². The summed E-state index contributed by atoms with van der Waals surface area (Å²) in [7, 11) is 0. The van der Waals surface area contributed by atoms with Crippen LogP contribution in [0.4, 0.5) is 4.39 Å². The fraction of sp³-hybridized carbons (Fsp3) is 0.0909. The maximum atomic E-state index is 13.3. The maximum Gasteiger partial charge on any atom is 0.296 e. The minimum Gasteiger partial charge on any atom is -0.265 e. The van der Waals surface area contributed by atoms with Gasteiger partial charge in [0.15, 0.2) is 0 Å². The van der Waals surface area contributed by atoms with E-state index in [1.807, 2.05) is 0 Å². The van der Waals surface area contributed by atoms with Crippen molar-refractivity contribution in [2.75, 3.05) is 0 Å². The van der Waals surface area contributed by atoms with Gasteiger partial charge in [0.25, 0.3) is 5.56 Å². The van der Waals surface area contributed by atoms with Crippen molar-refractivity contribution in [2.24, 2.45) is 5.10 Å². The second kappa shape index (κ2) is 5.01. The summed E-state index contributed by atoms with van der Waals surface area (Å²) in [4.78, 5) is 11.7. The molecule has 92 valence electrons. The Morgan fingerprint density at radius 3 is 2.94 bits per heavy atom. The monoisotopic (exact) mass is 264 g/mol. The van der Waals surface area contributed by atoms with Crippen molar-refractivity contribution in [2.45, 2.75) is 6.92 Å². The van der Waals surface area contributed by atoms with Gasteiger partial charge in [0.05, 0.1) is 6.21 Å². The molecular formula is C11H9FN4OS. The van der Waals surface area contributed by atoms with Gasteiger partial charge in [-0.25, -0.2) is 4.39 Å². The van der Waals surface area contributed by atoms with Crippen molar-refractivity contribution in [1.29, 1.82) is 0 Å². The smallest absolute Gasteiger partial charge is 0.265 e. The molecule has 1 aromatic carbocycles. The zero-order chi connectivity index (χ0) is 13.1. The highest BCUT2D eigenvalue weighted by atomic mass is 32.1. The van der Waals surface area contributed by atoms with Crippen molar-refractivity contribution in [3.8, 4) is 0 Å².